The Balaban J connectivity index is 2.34. The van der Waals surface area contributed by atoms with Crippen LogP contribution in [0.15, 0.2) is 54.6 Å². The van der Waals surface area contributed by atoms with Crippen molar-refractivity contribution in [1.82, 2.24) is 5.32 Å². The van der Waals surface area contributed by atoms with Crippen molar-refractivity contribution in [2.24, 2.45) is 0 Å². The van der Waals surface area contributed by atoms with E-state index in [-0.39, 0.29) is 18.4 Å². The molecule has 7 nitrogen and oxygen atoms in total. The van der Waals surface area contributed by atoms with Gasteiger partial charge in [-0.1, -0.05) is 44.2 Å². The molecule has 2 N–H and O–H groups in total. The van der Waals surface area contributed by atoms with Gasteiger partial charge in [0.05, 0.1) is 23.2 Å². The highest BCUT2D eigenvalue weighted by Gasteiger charge is 2.32. The monoisotopic (exact) mass is 431 g/mol. The molecule has 8 heteroatoms. The molecule has 0 unspecified atom stereocenters. The fraction of sp³-hybridized carbons (Fsp3) is 0.364. The number of rotatable bonds is 9. The summed E-state index contributed by atoms with van der Waals surface area (Å²) in [4.78, 5) is 25.7. The zero-order valence-electron chi connectivity index (χ0n) is 17.8. The number of benzene rings is 2. The summed E-state index contributed by atoms with van der Waals surface area (Å²) < 4.78 is 26.1. The number of nitrogens with zero attached hydrogens (tertiary/aromatic N) is 1. The minimum absolute atomic E-state index is 0.0107. The standard InChI is InChI=1S/C22H29N3O4S/c1-5-16(3)23-21(26)18-14-10-11-15-19(18)24-22(27)20(6-2)25(30(4,28)29)17-12-8-7-9-13-17/h7-16,20H,5-6H2,1-4H3,(H,23,26)(H,24,27)/t16-,20-/m1/s1. The van der Waals surface area contributed by atoms with E-state index in [1.807, 2.05) is 13.8 Å². The second-order valence-electron chi connectivity index (χ2n) is 7.14. The average molecular weight is 432 g/mol. The zero-order chi connectivity index (χ0) is 22.3. The van der Waals surface area contributed by atoms with Gasteiger partial charge in [0.1, 0.15) is 6.04 Å². The van der Waals surface area contributed by atoms with Crippen LogP contribution in [0, 0.1) is 0 Å². The first-order valence-corrected chi connectivity index (χ1v) is 11.8. The number of carbonyl (C=O) groups excluding carboxylic acids is 2. The van der Waals surface area contributed by atoms with Crippen LogP contribution in [0.4, 0.5) is 11.4 Å². The van der Waals surface area contributed by atoms with Gasteiger partial charge in [-0.05, 0) is 44.0 Å². The molecular weight excluding hydrogens is 402 g/mol. The largest absolute Gasteiger partial charge is 0.350 e. The van der Waals surface area contributed by atoms with Gasteiger partial charge in [-0.3, -0.25) is 13.9 Å². The fourth-order valence-electron chi connectivity index (χ4n) is 3.04. The maximum Gasteiger partial charge on any atom is 0.253 e. The molecular formula is C22H29N3O4S. The van der Waals surface area contributed by atoms with Crippen molar-refractivity contribution in [1.29, 1.82) is 0 Å². The van der Waals surface area contributed by atoms with Crippen LogP contribution in [0.2, 0.25) is 0 Å². The van der Waals surface area contributed by atoms with Crippen molar-refractivity contribution >= 4 is 33.2 Å². The van der Waals surface area contributed by atoms with Gasteiger partial charge < -0.3 is 10.6 Å². The van der Waals surface area contributed by atoms with Crippen LogP contribution in [0.1, 0.15) is 44.0 Å². The van der Waals surface area contributed by atoms with Crippen molar-refractivity contribution in [3.05, 3.63) is 60.2 Å². The van der Waals surface area contributed by atoms with Gasteiger partial charge in [0, 0.05) is 6.04 Å². The molecule has 0 spiro atoms. The molecule has 0 saturated carbocycles. The quantitative estimate of drug-likeness (QED) is 0.636. The first-order valence-electron chi connectivity index (χ1n) is 9.94. The van der Waals surface area contributed by atoms with Crippen LogP contribution in [-0.4, -0.2) is 38.6 Å². The molecule has 0 bridgehead atoms. The predicted molar refractivity (Wildman–Crippen MR) is 120 cm³/mol. The van der Waals surface area contributed by atoms with Crippen molar-refractivity contribution in [2.75, 3.05) is 15.9 Å². The van der Waals surface area contributed by atoms with Gasteiger partial charge in [0.15, 0.2) is 0 Å². The molecule has 2 rings (SSSR count). The number of hydrogen-bond donors (Lipinski definition) is 2. The number of hydrogen-bond acceptors (Lipinski definition) is 4. The summed E-state index contributed by atoms with van der Waals surface area (Å²) in [5.74, 6) is -0.799. The van der Waals surface area contributed by atoms with Crippen LogP contribution < -0.4 is 14.9 Å². The predicted octanol–water partition coefficient (Wildman–Crippen LogP) is 3.40. The lowest BCUT2D eigenvalue weighted by molar-refractivity contribution is -0.117. The Kier molecular flexibility index (Phi) is 8.00. The van der Waals surface area contributed by atoms with E-state index in [1.54, 1.807) is 61.5 Å². The number of para-hydroxylation sites is 2. The molecule has 0 aliphatic heterocycles. The fourth-order valence-corrected chi connectivity index (χ4v) is 4.26. The van der Waals surface area contributed by atoms with E-state index in [2.05, 4.69) is 10.6 Å². The third-order valence-corrected chi connectivity index (χ3v) is 5.94. The van der Waals surface area contributed by atoms with E-state index in [0.717, 1.165) is 17.0 Å². The summed E-state index contributed by atoms with van der Waals surface area (Å²) >= 11 is 0. The van der Waals surface area contributed by atoms with Gasteiger partial charge in [0.2, 0.25) is 15.9 Å². The molecule has 0 saturated heterocycles. The van der Waals surface area contributed by atoms with Gasteiger partial charge in [-0.25, -0.2) is 8.42 Å². The summed E-state index contributed by atoms with van der Waals surface area (Å²) in [7, 11) is -3.72. The highest BCUT2D eigenvalue weighted by Crippen LogP contribution is 2.24. The van der Waals surface area contributed by atoms with Crippen LogP contribution in [0.25, 0.3) is 0 Å². The minimum Gasteiger partial charge on any atom is -0.350 e. The van der Waals surface area contributed by atoms with E-state index >= 15 is 0 Å². The van der Waals surface area contributed by atoms with Crippen LogP contribution in [0.5, 0.6) is 0 Å². The molecule has 2 atom stereocenters. The lowest BCUT2D eigenvalue weighted by Gasteiger charge is -2.30. The Morgan fingerprint density at radius 3 is 2.13 bits per heavy atom. The SMILES string of the molecule is CC[C@@H](C)NC(=O)c1ccccc1NC(=O)[C@@H](CC)N(c1ccccc1)S(C)(=O)=O. The summed E-state index contributed by atoms with van der Waals surface area (Å²) in [5, 5.41) is 5.63. The third-order valence-electron chi connectivity index (χ3n) is 4.76. The third kappa shape index (κ3) is 5.82. The molecule has 0 aliphatic rings. The Morgan fingerprint density at radius 2 is 1.57 bits per heavy atom. The lowest BCUT2D eigenvalue weighted by atomic mass is 10.1. The number of nitrogens with one attached hydrogen (secondary N) is 2. The highest BCUT2D eigenvalue weighted by atomic mass is 32.2. The molecule has 0 radical (unpaired) electrons. The molecule has 0 heterocycles. The first-order chi connectivity index (χ1) is 14.2. The first kappa shape index (κ1) is 23.4. The molecule has 2 aromatic carbocycles. The Hall–Kier alpha value is -2.87. The number of sulfonamides is 1. The molecule has 0 aliphatic carbocycles. The van der Waals surface area contributed by atoms with Gasteiger partial charge in [0.25, 0.3) is 5.91 Å². The van der Waals surface area contributed by atoms with Gasteiger partial charge in [-0.2, -0.15) is 0 Å². The Bertz CT molecular complexity index is 977. The summed E-state index contributed by atoms with van der Waals surface area (Å²) in [6.45, 7) is 5.61. The topological polar surface area (TPSA) is 95.6 Å². The summed E-state index contributed by atoms with van der Waals surface area (Å²) in [6.07, 6.45) is 2.11. The molecule has 0 aromatic heterocycles. The van der Waals surface area contributed by atoms with E-state index in [4.69, 9.17) is 0 Å². The highest BCUT2D eigenvalue weighted by molar-refractivity contribution is 7.92. The van der Waals surface area contributed by atoms with Crippen molar-refractivity contribution in [3.63, 3.8) is 0 Å². The van der Waals surface area contributed by atoms with E-state index in [9.17, 15) is 18.0 Å². The summed E-state index contributed by atoms with van der Waals surface area (Å²) in [5.41, 5.74) is 1.07. The number of carbonyl (C=O) groups is 2. The molecule has 2 aromatic rings. The maximum absolute atomic E-state index is 13.1. The lowest BCUT2D eigenvalue weighted by Crippen LogP contribution is -2.47. The van der Waals surface area contributed by atoms with Crippen LogP contribution in [0.3, 0.4) is 0 Å². The minimum atomic E-state index is -3.72. The van der Waals surface area contributed by atoms with E-state index in [1.165, 1.54) is 0 Å². The molecule has 162 valence electrons. The van der Waals surface area contributed by atoms with Crippen molar-refractivity contribution in [3.8, 4) is 0 Å². The van der Waals surface area contributed by atoms with E-state index < -0.39 is 22.0 Å². The van der Waals surface area contributed by atoms with E-state index in [0.29, 0.717) is 16.9 Å². The van der Waals surface area contributed by atoms with Crippen LogP contribution in [-0.2, 0) is 14.8 Å². The normalized spacial score (nSPS) is 13.2. The van der Waals surface area contributed by atoms with Gasteiger partial charge >= 0.3 is 0 Å². The molecule has 2 amide bonds. The van der Waals surface area contributed by atoms with Gasteiger partial charge in [-0.15, -0.1) is 0 Å². The number of anilines is 2. The second kappa shape index (κ2) is 10.2. The maximum atomic E-state index is 13.1. The smallest absolute Gasteiger partial charge is 0.253 e. The molecule has 30 heavy (non-hydrogen) atoms. The zero-order valence-corrected chi connectivity index (χ0v) is 18.6. The van der Waals surface area contributed by atoms with Crippen molar-refractivity contribution in [2.45, 2.75) is 45.7 Å². The average Bonchev–Trinajstić information content (AvgIpc) is 2.71. The van der Waals surface area contributed by atoms with Crippen molar-refractivity contribution < 1.29 is 18.0 Å². The molecule has 0 fully saturated rings. The second-order valence-corrected chi connectivity index (χ2v) is 9.00. The summed E-state index contributed by atoms with van der Waals surface area (Å²) in [6, 6.07) is 14.2. The number of amides is 2. The Morgan fingerprint density at radius 1 is 0.967 bits per heavy atom. The Labute approximate surface area is 178 Å². The van der Waals surface area contributed by atoms with Crippen LogP contribution >= 0.6 is 0 Å².